The number of nitrogens with zero attached hydrogens (tertiary/aromatic N) is 3. The van der Waals surface area contributed by atoms with Gasteiger partial charge in [-0.15, -0.1) is 0 Å². The predicted molar refractivity (Wildman–Crippen MR) is 149 cm³/mol. The van der Waals surface area contributed by atoms with E-state index in [0.29, 0.717) is 35.7 Å². The maximum absolute atomic E-state index is 13.3. The number of carbonyl (C=O) groups excluding carboxylic acids is 2. The van der Waals surface area contributed by atoms with E-state index in [4.69, 9.17) is 18.9 Å². The molecule has 9 nitrogen and oxygen atoms in total. The van der Waals surface area contributed by atoms with Crippen LogP contribution in [0.15, 0.2) is 36.7 Å². The van der Waals surface area contributed by atoms with Crippen molar-refractivity contribution in [2.24, 2.45) is 5.92 Å². The Bertz CT molecular complexity index is 1460. The number of alkyl halides is 2. The van der Waals surface area contributed by atoms with Gasteiger partial charge in [-0.2, -0.15) is 8.78 Å². The molecule has 1 aliphatic carbocycles. The molecule has 0 N–H and O–H groups in total. The number of fused-ring (bicyclic) bond motifs is 1. The van der Waals surface area contributed by atoms with E-state index >= 15 is 0 Å². The van der Waals surface area contributed by atoms with Crippen molar-refractivity contribution in [2.45, 2.75) is 63.6 Å². The van der Waals surface area contributed by atoms with Gasteiger partial charge in [0.15, 0.2) is 5.78 Å². The summed E-state index contributed by atoms with van der Waals surface area (Å²) in [5.74, 6) is 0.617. The highest BCUT2D eigenvalue weighted by atomic mass is 19.3. The third-order valence-corrected chi connectivity index (χ3v) is 8.50. The number of methoxy groups -OCH3 is 1. The van der Waals surface area contributed by atoms with E-state index in [9.17, 15) is 18.4 Å². The number of likely N-dealkylation sites (tertiary alicyclic amines) is 1. The van der Waals surface area contributed by atoms with Gasteiger partial charge in [0, 0.05) is 50.3 Å². The van der Waals surface area contributed by atoms with Crippen LogP contribution in [0.2, 0.25) is 0 Å². The molecular formula is C31H35F2N3O6. The second kappa shape index (κ2) is 11.9. The highest BCUT2D eigenvalue weighted by Crippen LogP contribution is 2.41. The molecule has 3 fully saturated rings. The molecule has 1 aromatic carbocycles. The van der Waals surface area contributed by atoms with Crippen molar-refractivity contribution in [3.8, 4) is 28.5 Å². The van der Waals surface area contributed by atoms with Gasteiger partial charge < -0.3 is 23.8 Å². The van der Waals surface area contributed by atoms with Crippen LogP contribution in [0.3, 0.4) is 0 Å². The molecule has 1 spiro atoms. The first-order valence-corrected chi connectivity index (χ1v) is 14.6. The summed E-state index contributed by atoms with van der Waals surface area (Å²) in [6.07, 6.45) is 9.66. The summed E-state index contributed by atoms with van der Waals surface area (Å²) >= 11 is 0. The van der Waals surface area contributed by atoms with Crippen molar-refractivity contribution in [1.82, 2.24) is 14.3 Å². The molecule has 2 saturated heterocycles. The zero-order valence-electron chi connectivity index (χ0n) is 23.7. The van der Waals surface area contributed by atoms with E-state index in [1.165, 1.54) is 13.2 Å². The summed E-state index contributed by atoms with van der Waals surface area (Å²) in [6, 6.07) is 6.76. The average molecular weight is 584 g/mol. The Kier molecular flexibility index (Phi) is 8.02. The van der Waals surface area contributed by atoms with Crippen molar-refractivity contribution in [2.75, 3.05) is 33.4 Å². The predicted octanol–water partition coefficient (Wildman–Crippen LogP) is 5.53. The van der Waals surface area contributed by atoms with Crippen LogP contribution < -0.4 is 14.2 Å². The largest absolute Gasteiger partial charge is 0.496 e. The molecule has 0 atom stereocenters. The van der Waals surface area contributed by atoms with Gasteiger partial charge >= 0.3 is 12.6 Å². The first-order valence-electron chi connectivity index (χ1n) is 14.6. The third kappa shape index (κ3) is 6.21. The van der Waals surface area contributed by atoms with Gasteiger partial charge in [-0.1, -0.05) is 0 Å². The van der Waals surface area contributed by atoms with Gasteiger partial charge in [0.2, 0.25) is 0 Å². The Balaban J connectivity index is 1.10. The normalized spacial score (nSPS) is 18.5. The number of halogens is 2. The number of hydrogen-bond acceptors (Lipinski definition) is 8. The lowest BCUT2D eigenvalue weighted by Crippen LogP contribution is -2.44. The number of rotatable bonds is 12. The summed E-state index contributed by atoms with van der Waals surface area (Å²) in [6.45, 7) is 0.200. The smallest absolute Gasteiger partial charge is 0.387 e. The van der Waals surface area contributed by atoms with Crippen molar-refractivity contribution in [3.05, 3.63) is 42.2 Å². The zero-order chi connectivity index (χ0) is 29.3. The standard InChI is InChI=1S/C31H35F2N3O6/c1-39-25-16-21(17-26(41-30(32)33)29(25)24(37)15-20-3-4-20)23-19-34-27-18-22(6-11-36(23)27)40-14-2-10-35-12-8-31(9-13-35)7-5-28(38)42-31/h6,11,16-20,30H,2-5,7-10,12-15H2,1H3. The van der Waals surface area contributed by atoms with Crippen LogP contribution in [-0.2, 0) is 9.53 Å². The fourth-order valence-electron chi connectivity index (χ4n) is 6.00. The number of imidazole rings is 1. The molecular weight excluding hydrogens is 548 g/mol. The molecule has 1 saturated carbocycles. The minimum absolute atomic E-state index is 0.0454. The Morgan fingerprint density at radius 1 is 1.17 bits per heavy atom. The van der Waals surface area contributed by atoms with Gasteiger partial charge in [-0.05, 0) is 62.6 Å². The summed E-state index contributed by atoms with van der Waals surface area (Å²) in [5, 5.41) is 0. The number of Topliss-reactive ketones (excluding diaryl/α,β-unsaturated/α-hetero) is 1. The molecule has 3 aliphatic rings. The number of aromatic nitrogens is 2. The van der Waals surface area contributed by atoms with Crippen LogP contribution in [-0.4, -0.2) is 71.6 Å². The molecule has 42 heavy (non-hydrogen) atoms. The van der Waals surface area contributed by atoms with Gasteiger partial charge in [-0.3, -0.25) is 14.0 Å². The van der Waals surface area contributed by atoms with Crippen molar-refractivity contribution in [3.63, 3.8) is 0 Å². The number of ether oxygens (including phenoxy) is 4. The Labute approximate surface area is 242 Å². The van der Waals surface area contributed by atoms with E-state index < -0.39 is 6.61 Å². The van der Waals surface area contributed by atoms with Crippen LogP contribution in [0.5, 0.6) is 17.2 Å². The molecule has 0 bridgehead atoms. The first-order chi connectivity index (χ1) is 20.3. The second-order valence-electron chi connectivity index (χ2n) is 11.4. The monoisotopic (exact) mass is 583 g/mol. The minimum Gasteiger partial charge on any atom is -0.496 e. The number of pyridine rings is 1. The molecule has 3 aromatic rings. The summed E-state index contributed by atoms with van der Waals surface area (Å²) in [7, 11) is 1.41. The summed E-state index contributed by atoms with van der Waals surface area (Å²) < 4.78 is 50.3. The molecule has 6 rings (SSSR count). The number of ketones is 1. The molecule has 2 aliphatic heterocycles. The molecule has 0 amide bonds. The van der Waals surface area contributed by atoms with E-state index in [1.807, 2.05) is 22.7 Å². The van der Waals surface area contributed by atoms with Crippen LogP contribution in [0, 0.1) is 5.92 Å². The maximum Gasteiger partial charge on any atom is 0.387 e. The second-order valence-corrected chi connectivity index (χ2v) is 11.4. The van der Waals surface area contributed by atoms with E-state index in [0.717, 1.165) is 58.2 Å². The van der Waals surface area contributed by atoms with E-state index in [2.05, 4.69) is 9.88 Å². The number of carbonyl (C=O) groups is 2. The quantitative estimate of drug-likeness (QED) is 0.156. The number of esters is 1. The minimum atomic E-state index is -3.09. The van der Waals surface area contributed by atoms with E-state index in [1.54, 1.807) is 12.3 Å². The van der Waals surface area contributed by atoms with Gasteiger partial charge in [0.05, 0.1) is 25.6 Å². The number of benzene rings is 1. The maximum atomic E-state index is 13.3. The molecule has 0 radical (unpaired) electrons. The topological polar surface area (TPSA) is 91.6 Å². The van der Waals surface area contributed by atoms with Gasteiger partial charge in [-0.25, -0.2) is 4.98 Å². The first kappa shape index (κ1) is 28.4. The number of hydrogen-bond donors (Lipinski definition) is 0. The van der Waals surface area contributed by atoms with Crippen LogP contribution in [0.25, 0.3) is 16.9 Å². The van der Waals surface area contributed by atoms with Crippen molar-refractivity contribution >= 4 is 17.4 Å². The van der Waals surface area contributed by atoms with Crippen molar-refractivity contribution < 1.29 is 37.3 Å². The fourth-order valence-corrected chi connectivity index (χ4v) is 6.00. The summed E-state index contributed by atoms with van der Waals surface area (Å²) in [4.78, 5) is 31.3. The van der Waals surface area contributed by atoms with Gasteiger partial charge in [0.25, 0.3) is 0 Å². The Morgan fingerprint density at radius 3 is 2.64 bits per heavy atom. The lowest BCUT2D eigenvalue weighted by Gasteiger charge is -2.37. The zero-order valence-corrected chi connectivity index (χ0v) is 23.7. The lowest BCUT2D eigenvalue weighted by molar-refractivity contribution is -0.151. The molecule has 4 heterocycles. The SMILES string of the molecule is COc1cc(-c2cnc3cc(OCCCN4CCC5(CCC(=O)O5)CC4)ccn23)cc(OC(F)F)c1C(=O)CC1CC1. The number of piperidine rings is 1. The van der Waals surface area contributed by atoms with Crippen LogP contribution in [0.4, 0.5) is 8.78 Å². The fraction of sp³-hybridized carbons (Fsp3) is 0.516. The van der Waals surface area contributed by atoms with Gasteiger partial charge in [0.1, 0.15) is 34.1 Å². The highest BCUT2D eigenvalue weighted by molar-refractivity contribution is 6.02. The third-order valence-electron chi connectivity index (χ3n) is 8.50. The molecule has 224 valence electrons. The van der Waals surface area contributed by atoms with Crippen molar-refractivity contribution in [1.29, 1.82) is 0 Å². The van der Waals surface area contributed by atoms with Crippen LogP contribution >= 0.6 is 0 Å². The van der Waals surface area contributed by atoms with Crippen LogP contribution in [0.1, 0.15) is 61.7 Å². The Hall–Kier alpha value is -3.73. The average Bonchev–Trinajstić information content (AvgIpc) is 3.57. The van der Waals surface area contributed by atoms with E-state index in [-0.39, 0.29) is 46.8 Å². The molecule has 11 heteroatoms. The molecule has 0 unspecified atom stereocenters. The molecule has 2 aromatic heterocycles. The summed E-state index contributed by atoms with van der Waals surface area (Å²) in [5.41, 5.74) is 1.59. The lowest BCUT2D eigenvalue weighted by atomic mass is 9.88. The Morgan fingerprint density at radius 2 is 1.95 bits per heavy atom. The highest BCUT2D eigenvalue weighted by Gasteiger charge is 2.42.